The first-order valence-corrected chi connectivity index (χ1v) is 3.69. The van der Waals surface area contributed by atoms with Crippen LogP contribution in [-0.4, -0.2) is 11.0 Å². The summed E-state index contributed by atoms with van der Waals surface area (Å²) < 4.78 is 0.595. The average Bonchev–Trinajstić information content (AvgIpc) is 2.06. The van der Waals surface area contributed by atoms with Gasteiger partial charge in [-0.15, -0.1) is 4.91 Å². The Morgan fingerprint density at radius 2 is 2.33 bits per heavy atom. The van der Waals surface area contributed by atoms with E-state index in [4.69, 9.17) is 0 Å². The second-order valence-corrected chi connectivity index (χ2v) is 2.64. The Morgan fingerprint density at radius 3 is 2.83 bits per heavy atom. The first kappa shape index (κ1) is 8.79. The van der Waals surface area contributed by atoms with E-state index in [-0.39, 0.29) is 5.56 Å². The zero-order valence-corrected chi connectivity index (χ0v) is 7.32. The number of hydrogen-bond donors (Lipinski definition) is 0. The van der Waals surface area contributed by atoms with E-state index in [2.05, 4.69) is 25.8 Å². The molecule has 1 aromatic heterocycles. The highest BCUT2D eigenvalue weighted by Crippen LogP contribution is 2.07. The van der Waals surface area contributed by atoms with Gasteiger partial charge in [-0.3, -0.25) is 4.84 Å². The van der Waals surface area contributed by atoms with Crippen LogP contribution < -0.4 is 0 Å². The number of pyridine rings is 1. The van der Waals surface area contributed by atoms with Crippen LogP contribution in [0.25, 0.3) is 0 Å². The molecular weight excluding hydrogens is 228 g/mol. The topological polar surface area (TPSA) is 68.6 Å². The molecule has 0 aliphatic rings. The van der Waals surface area contributed by atoms with Crippen molar-refractivity contribution in [3.63, 3.8) is 0 Å². The first-order valence-electron chi connectivity index (χ1n) is 2.89. The van der Waals surface area contributed by atoms with Gasteiger partial charge in [-0.2, -0.15) is 0 Å². The zero-order chi connectivity index (χ0) is 8.97. The SMILES string of the molecule is O=NOC(=O)c1ccc(Br)nc1. The molecular formula is C6H3BrN2O3. The zero-order valence-electron chi connectivity index (χ0n) is 5.73. The van der Waals surface area contributed by atoms with Crippen LogP contribution in [-0.2, 0) is 4.84 Å². The van der Waals surface area contributed by atoms with Crippen molar-refractivity contribution in [1.29, 1.82) is 0 Å². The molecule has 0 atom stereocenters. The maximum absolute atomic E-state index is 10.8. The summed E-state index contributed by atoms with van der Waals surface area (Å²) in [5, 5.41) is 2.00. The van der Waals surface area contributed by atoms with Gasteiger partial charge >= 0.3 is 5.97 Å². The van der Waals surface area contributed by atoms with E-state index < -0.39 is 5.97 Å². The molecule has 0 radical (unpaired) electrons. The number of hydrogen-bond acceptors (Lipinski definition) is 5. The standard InChI is InChI=1S/C6H3BrN2O3/c7-5-2-1-4(3-8-5)6(10)12-9-11/h1-3H. The number of aromatic nitrogens is 1. The molecule has 1 heterocycles. The molecule has 0 aliphatic carbocycles. The Balaban J connectivity index is 2.82. The van der Waals surface area contributed by atoms with E-state index >= 15 is 0 Å². The molecule has 1 rings (SSSR count). The van der Waals surface area contributed by atoms with Crippen LogP contribution in [0.4, 0.5) is 0 Å². The van der Waals surface area contributed by atoms with E-state index in [1.807, 2.05) is 5.34 Å². The summed E-state index contributed by atoms with van der Waals surface area (Å²) in [4.78, 5) is 27.9. The Morgan fingerprint density at radius 1 is 1.58 bits per heavy atom. The van der Waals surface area contributed by atoms with E-state index in [9.17, 15) is 9.70 Å². The summed E-state index contributed by atoms with van der Waals surface area (Å²) in [6, 6.07) is 3.02. The Labute approximate surface area is 75.8 Å². The Hall–Kier alpha value is -1.30. The van der Waals surface area contributed by atoms with Crippen LogP contribution in [0.3, 0.4) is 0 Å². The summed E-state index contributed by atoms with van der Waals surface area (Å²) in [5.74, 6) is -0.815. The Kier molecular flexibility index (Phi) is 2.87. The van der Waals surface area contributed by atoms with Gasteiger partial charge in [-0.25, -0.2) is 9.78 Å². The molecule has 0 unspecified atom stereocenters. The van der Waals surface area contributed by atoms with Crippen LogP contribution in [0.15, 0.2) is 28.3 Å². The molecule has 0 saturated carbocycles. The van der Waals surface area contributed by atoms with Gasteiger partial charge in [0.05, 0.1) is 5.56 Å². The molecule has 0 aromatic carbocycles. The molecule has 5 nitrogen and oxygen atoms in total. The van der Waals surface area contributed by atoms with Crippen molar-refractivity contribution >= 4 is 21.9 Å². The molecule has 12 heavy (non-hydrogen) atoms. The van der Waals surface area contributed by atoms with E-state index in [0.717, 1.165) is 0 Å². The van der Waals surface area contributed by atoms with Gasteiger partial charge in [0.25, 0.3) is 0 Å². The monoisotopic (exact) mass is 230 g/mol. The molecule has 0 amide bonds. The van der Waals surface area contributed by atoms with Gasteiger partial charge in [0, 0.05) is 6.20 Å². The maximum atomic E-state index is 10.8. The second kappa shape index (κ2) is 3.91. The van der Waals surface area contributed by atoms with Gasteiger partial charge in [0.15, 0.2) is 5.34 Å². The van der Waals surface area contributed by atoms with Gasteiger partial charge in [0.1, 0.15) is 4.60 Å². The van der Waals surface area contributed by atoms with Crippen molar-refractivity contribution < 1.29 is 9.63 Å². The van der Waals surface area contributed by atoms with Crippen LogP contribution >= 0.6 is 15.9 Å². The minimum atomic E-state index is -0.815. The average molecular weight is 231 g/mol. The molecule has 6 heteroatoms. The van der Waals surface area contributed by atoms with Crippen molar-refractivity contribution in [3.05, 3.63) is 33.4 Å². The lowest BCUT2D eigenvalue weighted by molar-refractivity contribution is 0.0508. The molecule has 0 saturated heterocycles. The fraction of sp³-hybridized carbons (Fsp3) is 0. The summed E-state index contributed by atoms with van der Waals surface area (Å²) in [7, 11) is 0. The van der Waals surface area contributed by atoms with Crippen molar-refractivity contribution in [3.8, 4) is 0 Å². The van der Waals surface area contributed by atoms with Crippen LogP contribution in [0.2, 0.25) is 0 Å². The summed E-state index contributed by atoms with van der Waals surface area (Å²) in [5.41, 5.74) is 0.179. The summed E-state index contributed by atoms with van der Waals surface area (Å²) in [6.07, 6.45) is 1.28. The lowest BCUT2D eigenvalue weighted by Crippen LogP contribution is -2.00. The summed E-state index contributed by atoms with van der Waals surface area (Å²) >= 11 is 3.09. The highest BCUT2D eigenvalue weighted by Gasteiger charge is 2.07. The molecule has 0 fully saturated rings. The summed E-state index contributed by atoms with van der Waals surface area (Å²) in [6.45, 7) is 0. The van der Waals surface area contributed by atoms with Gasteiger partial charge in [-0.1, -0.05) is 0 Å². The highest BCUT2D eigenvalue weighted by atomic mass is 79.9. The number of nitrogens with zero attached hydrogens (tertiary/aromatic N) is 2. The first-order chi connectivity index (χ1) is 5.74. The van der Waals surface area contributed by atoms with Gasteiger partial charge in [0.2, 0.25) is 0 Å². The maximum Gasteiger partial charge on any atom is 0.370 e. The minimum Gasteiger partial charge on any atom is -0.279 e. The minimum absolute atomic E-state index is 0.179. The highest BCUT2D eigenvalue weighted by molar-refractivity contribution is 9.10. The second-order valence-electron chi connectivity index (χ2n) is 1.82. The predicted molar refractivity (Wildman–Crippen MR) is 43.1 cm³/mol. The van der Waals surface area contributed by atoms with Crippen LogP contribution in [0.5, 0.6) is 0 Å². The lowest BCUT2D eigenvalue weighted by atomic mass is 10.3. The number of carbonyl (C=O) groups is 1. The number of rotatable bonds is 2. The molecule has 62 valence electrons. The fourth-order valence-corrected chi connectivity index (χ4v) is 0.818. The lowest BCUT2D eigenvalue weighted by Gasteiger charge is -1.93. The van der Waals surface area contributed by atoms with Gasteiger partial charge in [-0.05, 0) is 28.1 Å². The van der Waals surface area contributed by atoms with Crippen molar-refractivity contribution in [2.24, 2.45) is 5.34 Å². The third-order valence-electron chi connectivity index (χ3n) is 1.08. The van der Waals surface area contributed by atoms with E-state index in [1.54, 1.807) is 6.07 Å². The third-order valence-corrected chi connectivity index (χ3v) is 1.55. The molecule has 0 bridgehead atoms. The third kappa shape index (κ3) is 2.09. The van der Waals surface area contributed by atoms with E-state index in [0.29, 0.717) is 4.60 Å². The number of carbonyl (C=O) groups excluding carboxylic acids is 1. The molecule has 0 spiro atoms. The van der Waals surface area contributed by atoms with Crippen LogP contribution in [0, 0.1) is 4.91 Å². The predicted octanol–water partition coefficient (Wildman–Crippen LogP) is 1.68. The normalized spacial score (nSPS) is 9.08. The Bertz CT molecular complexity index is 298. The quantitative estimate of drug-likeness (QED) is 0.441. The molecule has 1 aromatic rings. The smallest absolute Gasteiger partial charge is 0.279 e. The van der Waals surface area contributed by atoms with Crippen molar-refractivity contribution in [2.45, 2.75) is 0 Å². The largest absolute Gasteiger partial charge is 0.370 e. The van der Waals surface area contributed by atoms with Gasteiger partial charge < -0.3 is 0 Å². The molecule has 0 N–H and O–H groups in total. The van der Waals surface area contributed by atoms with Crippen molar-refractivity contribution in [2.75, 3.05) is 0 Å². The fourth-order valence-electron chi connectivity index (χ4n) is 0.583. The molecule has 0 aliphatic heterocycles. The van der Waals surface area contributed by atoms with Crippen molar-refractivity contribution in [1.82, 2.24) is 4.98 Å². The number of halogens is 1. The van der Waals surface area contributed by atoms with Crippen LogP contribution in [0.1, 0.15) is 10.4 Å². The van der Waals surface area contributed by atoms with E-state index in [1.165, 1.54) is 12.3 Å².